The number of aryl methyl sites for hydroxylation is 1. The van der Waals surface area contributed by atoms with E-state index in [1.54, 1.807) is 22.7 Å². The number of hydrogen-bond acceptors (Lipinski definition) is 3. The summed E-state index contributed by atoms with van der Waals surface area (Å²) in [6.45, 7) is 3.32. The SMILES string of the molecule is CCCNC(CCc1ccsc1)c1ccsc1. The van der Waals surface area contributed by atoms with Crippen LogP contribution in [0, 0.1) is 0 Å². The second-order valence-corrected chi connectivity index (χ2v) is 5.79. The van der Waals surface area contributed by atoms with Gasteiger partial charge in [0.05, 0.1) is 0 Å². The molecule has 0 aliphatic rings. The third-order valence-electron chi connectivity index (χ3n) is 2.89. The van der Waals surface area contributed by atoms with Gasteiger partial charge in [-0.1, -0.05) is 6.92 Å². The molecule has 0 saturated carbocycles. The summed E-state index contributed by atoms with van der Waals surface area (Å²) in [5, 5.41) is 12.5. The van der Waals surface area contributed by atoms with E-state index in [1.807, 2.05) is 0 Å². The van der Waals surface area contributed by atoms with Crippen LogP contribution in [-0.2, 0) is 6.42 Å². The van der Waals surface area contributed by atoms with Crippen molar-refractivity contribution < 1.29 is 0 Å². The molecular formula is C14H19NS2. The first-order valence-electron chi connectivity index (χ1n) is 6.16. The van der Waals surface area contributed by atoms with Gasteiger partial charge in [0.1, 0.15) is 0 Å². The molecule has 1 unspecified atom stereocenters. The summed E-state index contributed by atoms with van der Waals surface area (Å²) in [7, 11) is 0. The van der Waals surface area contributed by atoms with Gasteiger partial charge in [0.25, 0.3) is 0 Å². The monoisotopic (exact) mass is 265 g/mol. The third kappa shape index (κ3) is 3.95. The van der Waals surface area contributed by atoms with Crippen molar-refractivity contribution in [3.63, 3.8) is 0 Å². The molecule has 1 N–H and O–H groups in total. The minimum Gasteiger partial charge on any atom is -0.310 e. The van der Waals surface area contributed by atoms with Gasteiger partial charge in [-0.15, -0.1) is 0 Å². The van der Waals surface area contributed by atoms with Gasteiger partial charge >= 0.3 is 0 Å². The van der Waals surface area contributed by atoms with E-state index in [9.17, 15) is 0 Å². The fraction of sp³-hybridized carbons (Fsp3) is 0.429. The van der Waals surface area contributed by atoms with Gasteiger partial charge in [-0.2, -0.15) is 22.7 Å². The second kappa shape index (κ2) is 6.94. The molecule has 0 saturated heterocycles. The summed E-state index contributed by atoms with van der Waals surface area (Å²) in [4.78, 5) is 0. The maximum atomic E-state index is 3.64. The average Bonchev–Trinajstić information content (AvgIpc) is 3.01. The molecule has 2 heterocycles. The highest BCUT2D eigenvalue weighted by molar-refractivity contribution is 7.08. The molecule has 2 rings (SSSR count). The highest BCUT2D eigenvalue weighted by Crippen LogP contribution is 2.22. The standard InChI is InChI=1S/C14H19NS2/c1-2-7-15-14(13-6-9-17-11-13)4-3-12-5-8-16-10-12/h5-6,8-11,14-15H,2-4,7H2,1H3. The van der Waals surface area contributed by atoms with Crippen LogP contribution in [-0.4, -0.2) is 6.54 Å². The predicted molar refractivity (Wildman–Crippen MR) is 78.0 cm³/mol. The van der Waals surface area contributed by atoms with Crippen molar-refractivity contribution in [3.8, 4) is 0 Å². The van der Waals surface area contributed by atoms with Gasteiger partial charge < -0.3 is 5.32 Å². The van der Waals surface area contributed by atoms with Crippen molar-refractivity contribution >= 4 is 22.7 Å². The van der Waals surface area contributed by atoms with Crippen LogP contribution in [0.2, 0.25) is 0 Å². The third-order valence-corrected chi connectivity index (χ3v) is 4.32. The molecule has 2 aromatic rings. The molecule has 3 heteroatoms. The lowest BCUT2D eigenvalue weighted by molar-refractivity contribution is 0.501. The van der Waals surface area contributed by atoms with E-state index < -0.39 is 0 Å². The molecule has 17 heavy (non-hydrogen) atoms. The van der Waals surface area contributed by atoms with E-state index >= 15 is 0 Å². The summed E-state index contributed by atoms with van der Waals surface area (Å²) >= 11 is 3.58. The van der Waals surface area contributed by atoms with Crippen molar-refractivity contribution in [3.05, 3.63) is 44.8 Å². The van der Waals surface area contributed by atoms with E-state index in [2.05, 4.69) is 45.9 Å². The van der Waals surface area contributed by atoms with Gasteiger partial charge in [0.15, 0.2) is 0 Å². The van der Waals surface area contributed by atoms with Crippen LogP contribution in [0.5, 0.6) is 0 Å². The summed E-state index contributed by atoms with van der Waals surface area (Å²) in [6, 6.07) is 4.99. The molecule has 0 aromatic carbocycles. The van der Waals surface area contributed by atoms with Crippen LogP contribution in [0.15, 0.2) is 33.7 Å². The summed E-state index contributed by atoms with van der Waals surface area (Å²) in [5.41, 5.74) is 2.91. The van der Waals surface area contributed by atoms with E-state index in [1.165, 1.54) is 30.4 Å². The Morgan fingerprint density at radius 2 is 2.00 bits per heavy atom. The van der Waals surface area contributed by atoms with Gasteiger partial charge in [-0.25, -0.2) is 0 Å². The van der Waals surface area contributed by atoms with Crippen molar-refractivity contribution in [2.24, 2.45) is 0 Å². The molecular weight excluding hydrogens is 246 g/mol. The first-order valence-corrected chi connectivity index (χ1v) is 8.05. The van der Waals surface area contributed by atoms with Gasteiger partial charge in [-0.3, -0.25) is 0 Å². The zero-order valence-corrected chi connectivity index (χ0v) is 11.8. The topological polar surface area (TPSA) is 12.0 Å². The van der Waals surface area contributed by atoms with E-state index in [4.69, 9.17) is 0 Å². The normalized spacial score (nSPS) is 12.8. The van der Waals surface area contributed by atoms with E-state index in [0.29, 0.717) is 6.04 Å². The first kappa shape index (κ1) is 12.8. The minimum absolute atomic E-state index is 0.515. The lowest BCUT2D eigenvalue weighted by Gasteiger charge is -2.17. The Morgan fingerprint density at radius 1 is 1.18 bits per heavy atom. The molecule has 92 valence electrons. The zero-order valence-electron chi connectivity index (χ0n) is 10.2. The Labute approximate surface area is 112 Å². The van der Waals surface area contributed by atoms with Crippen molar-refractivity contribution in [2.75, 3.05) is 6.54 Å². The fourth-order valence-electron chi connectivity index (χ4n) is 1.92. The van der Waals surface area contributed by atoms with Crippen LogP contribution in [0.1, 0.15) is 36.9 Å². The number of nitrogens with one attached hydrogen (secondary N) is 1. The molecule has 0 bridgehead atoms. The predicted octanol–water partition coefficient (Wildman–Crippen LogP) is 4.48. The zero-order chi connectivity index (χ0) is 11.9. The maximum absolute atomic E-state index is 3.64. The molecule has 0 aliphatic carbocycles. The van der Waals surface area contributed by atoms with Crippen LogP contribution < -0.4 is 5.32 Å². The van der Waals surface area contributed by atoms with E-state index in [-0.39, 0.29) is 0 Å². The molecule has 0 fully saturated rings. The Balaban J connectivity index is 1.91. The first-order chi connectivity index (χ1) is 8.40. The molecule has 1 atom stereocenters. The summed E-state index contributed by atoms with van der Waals surface area (Å²) in [5.74, 6) is 0. The van der Waals surface area contributed by atoms with Crippen LogP contribution in [0.25, 0.3) is 0 Å². The average molecular weight is 265 g/mol. The van der Waals surface area contributed by atoms with Crippen LogP contribution in [0.4, 0.5) is 0 Å². The highest BCUT2D eigenvalue weighted by atomic mass is 32.1. The highest BCUT2D eigenvalue weighted by Gasteiger charge is 2.10. The van der Waals surface area contributed by atoms with Crippen molar-refractivity contribution in [1.82, 2.24) is 5.32 Å². The molecule has 0 amide bonds. The quantitative estimate of drug-likeness (QED) is 0.778. The van der Waals surface area contributed by atoms with Gasteiger partial charge in [0, 0.05) is 6.04 Å². The van der Waals surface area contributed by atoms with Crippen molar-refractivity contribution in [2.45, 2.75) is 32.2 Å². The van der Waals surface area contributed by atoms with Gasteiger partial charge in [0.2, 0.25) is 0 Å². The summed E-state index contributed by atoms with van der Waals surface area (Å²) < 4.78 is 0. The smallest absolute Gasteiger partial charge is 0.0331 e. The maximum Gasteiger partial charge on any atom is 0.0331 e. The fourth-order valence-corrected chi connectivity index (χ4v) is 3.34. The molecule has 0 spiro atoms. The molecule has 0 aliphatic heterocycles. The van der Waals surface area contributed by atoms with Crippen LogP contribution >= 0.6 is 22.7 Å². The Morgan fingerprint density at radius 3 is 2.65 bits per heavy atom. The lowest BCUT2D eigenvalue weighted by atomic mass is 10.0. The Hall–Kier alpha value is -0.640. The molecule has 0 radical (unpaired) electrons. The Bertz CT molecular complexity index is 392. The van der Waals surface area contributed by atoms with E-state index in [0.717, 1.165) is 6.54 Å². The largest absolute Gasteiger partial charge is 0.310 e. The minimum atomic E-state index is 0.515. The molecule has 2 aromatic heterocycles. The summed E-state index contributed by atoms with van der Waals surface area (Å²) in [6.07, 6.45) is 3.55. The van der Waals surface area contributed by atoms with Crippen molar-refractivity contribution in [1.29, 1.82) is 0 Å². The molecule has 1 nitrogen and oxygen atoms in total. The van der Waals surface area contributed by atoms with Crippen LogP contribution in [0.3, 0.4) is 0 Å². The second-order valence-electron chi connectivity index (χ2n) is 4.23. The number of rotatable bonds is 7. The Kier molecular flexibility index (Phi) is 5.23. The lowest BCUT2D eigenvalue weighted by Crippen LogP contribution is -2.22. The number of thiophene rings is 2. The van der Waals surface area contributed by atoms with Gasteiger partial charge in [-0.05, 0) is 70.6 Å². The number of hydrogen-bond donors (Lipinski definition) is 1.